The molecule has 0 radical (unpaired) electrons. The van der Waals surface area contributed by atoms with Gasteiger partial charge in [-0.2, -0.15) is 0 Å². The zero-order valence-corrected chi connectivity index (χ0v) is 16.1. The summed E-state index contributed by atoms with van der Waals surface area (Å²) in [6.07, 6.45) is 4.76. The second-order valence-corrected chi connectivity index (χ2v) is 7.25. The van der Waals surface area contributed by atoms with Gasteiger partial charge in [-0.25, -0.2) is 4.99 Å². The molecule has 0 aromatic heterocycles. The van der Waals surface area contributed by atoms with E-state index in [9.17, 15) is 15.0 Å². The minimum atomic E-state index is -0.675. The van der Waals surface area contributed by atoms with E-state index < -0.39 is 5.41 Å². The molecule has 0 saturated heterocycles. The van der Waals surface area contributed by atoms with Crippen molar-refractivity contribution in [1.82, 2.24) is 5.32 Å². The Kier molecular flexibility index (Phi) is 4.88. The fourth-order valence-electron chi connectivity index (χ4n) is 3.49. The quantitative estimate of drug-likeness (QED) is 0.583. The largest absolute Gasteiger partial charge is 0.504 e. The number of nitrogens with zero attached hydrogens (tertiary/aromatic N) is 1. The van der Waals surface area contributed by atoms with Gasteiger partial charge in [0, 0.05) is 6.42 Å². The summed E-state index contributed by atoms with van der Waals surface area (Å²) in [4.78, 5) is 17.5. The van der Waals surface area contributed by atoms with Crippen molar-refractivity contribution in [2.45, 2.75) is 31.1 Å². The van der Waals surface area contributed by atoms with Gasteiger partial charge in [0.2, 0.25) is 5.91 Å². The van der Waals surface area contributed by atoms with Crippen LogP contribution < -0.4 is 15.4 Å². The van der Waals surface area contributed by atoms with Crippen molar-refractivity contribution >= 4 is 17.4 Å². The molecule has 7 heteroatoms. The van der Waals surface area contributed by atoms with Crippen LogP contribution in [0, 0.1) is 0 Å². The number of benzene rings is 2. The monoisotopic (exact) mass is 393 g/mol. The number of rotatable bonds is 5. The smallest absolute Gasteiger partial charge is 0.235 e. The number of phenols is 2. The number of aromatic hydroxyl groups is 2. The highest BCUT2D eigenvalue weighted by atomic mass is 16.5. The van der Waals surface area contributed by atoms with Crippen molar-refractivity contribution in [3.63, 3.8) is 0 Å². The number of amidine groups is 1. The highest BCUT2D eigenvalue weighted by Gasteiger charge is 2.51. The third-order valence-electron chi connectivity index (χ3n) is 5.31. The Bertz CT molecular complexity index is 1010. The molecule has 7 nitrogen and oxygen atoms in total. The zero-order chi connectivity index (χ0) is 20.4. The van der Waals surface area contributed by atoms with Crippen molar-refractivity contribution in [2.24, 2.45) is 4.99 Å². The SMILES string of the molecule is COc1ccccc1NC1=CCCC(NC(=O)C2(c3ccc(O)c(O)c3)CC2)=N1. The van der Waals surface area contributed by atoms with E-state index in [4.69, 9.17) is 4.74 Å². The van der Waals surface area contributed by atoms with Crippen molar-refractivity contribution in [3.8, 4) is 17.2 Å². The maximum absolute atomic E-state index is 13.0. The first kappa shape index (κ1) is 18.9. The molecule has 150 valence electrons. The van der Waals surface area contributed by atoms with Crippen LogP contribution in [0.5, 0.6) is 17.2 Å². The second-order valence-electron chi connectivity index (χ2n) is 7.25. The first-order valence-corrected chi connectivity index (χ1v) is 9.53. The molecule has 2 aliphatic rings. The third-order valence-corrected chi connectivity index (χ3v) is 5.31. The van der Waals surface area contributed by atoms with E-state index in [0.717, 1.165) is 12.1 Å². The van der Waals surface area contributed by atoms with E-state index in [2.05, 4.69) is 15.6 Å². The molecule has 29 heavy (non-hydrogen) atoms. The van der Waals surface area contributed by atoms with Crippen LogP contribution in [-0.4, -0.2) is 29.1 Å². The number of carbonyl (C=O) groups excluding carboxylic acids is 1. The molecule has 2 aromatic rings. The molecule has 0 atom stereocenters. The molecule has 0 bridgehead atoms. The van der Waals surface area contributed by atoms with Crippen LogP contribution in [0.15, 0.2) is 59.4 Å². The first-order chi connectivity index (χ1) is 14.0. The Balaban J connectivity index is 1.48. The Labute approximate surface area is 168 Å². The van der Waals surface area contributed by atoms with Crippen molar-refractivity contribution in [1.29, 1.82) is 0 Å². The average molecular weight is 393 g/mol. The molecule has 0 unspecified atom stereocenters. The number of ether oxygens (including phenoxy) is 1. The molecule has 1 aliphatic carbocycles. The summed E-state index contributed by atoms with van der Waals surface area (Å²) in [5.74, 6) is 1.41. The molecular formula is C22H23N3O4. The maximum atomic E-state index is 13.0. The number of allylic oxidation sites excluding steroid dienone is 1. The second kappa shape index (κ2) is 7.50. The first-order valence-electron chi connectivity index (χ1n) is 9.53. The number of hydrogen-bond acceptors (Lipinski definition) is 6. The minimum Gasteiger partial charge on any atom is -0.504 e. The van der Waals surface area contributed by atoms with Gasteiger partial charge in [-0.15, -0.1) is 0 Å². The lowest BCUT2D eigenvalue weighted by Gasteiger charge is -2.20. The van der Waals surface area contributed by atoms with Crippen LogP contribution >= 0.6 is 0 Å². The van der Waals surface area contributed by atoms with Gasteiger partial charge in [-0.05, 0) is 55.2 Å². The fraction of sp³-hybridized carbons (Fsp3) is 0.273. The molecule has 4 N–H and O–H groups in total. The van der Waals surface area contributed by atoms with Crippen LogP contribution in [0.1, 0.15) is 31.2 Å². The lowest BCUT2D eigenvalue weighted by molar-refractivity contribution is -0.122. The Morgan fingerprint density at radius 3 is 2.66 bits per heavy atom. The summed E-state index contributed by atoms with van der Waals surface area (Å²) in [5.41, 5.74) is 0.825. The number of anilines is 1. The Morgan fingerprint density at radius 1 is 1.14 bits per heavy atom. The number of methoxy groups -OCH3 is 1. The Morgan fingerprint density at radius 2 is 1.93 bits per heavy atom. The van der Waals surface area contributed by atoms with E-state index in [-0.39, 0.29) is 17.4 Å². The topological polar surface area (TPSA) is 103 Å². The summed E-state index contributed by atoms with van der Waals surface area (Å²) in [5, 5.41) is 25.5. The summed E-state index contributed by atoms with van der Waals surface area (Å²) >= 11 is 0. The summed E-state index contributed by atoms with van der Waals surface area (Å²) in [6, 6.07) is 12.1. The highest BCUT2D eigenvalue weighted by molar-refractivity contribution is 6.05. The van der Waals surface area contributed by atoms with Gasteiger partial charge in [0.25, 0.3) is 0 Å². The normalized spacial score (nSPS) is 17.0. The van der Waals surface area contributed by atoms with Crippen molar-refractivity contribution < 1.29 is 19.7 Å². The minimum absolute atomic E-state index is 0.139. The average Bonchev–Trinajstić information content (AvgIpc) is 3.53. The number of amides is 1. The zero-order valence-electron chi connectivity index (χ0n) is 16.1. The fourth-order valence-corrected chi connectivity index (χ4v) is 3.49. The van der Waals surface area contributed by atoms with Crippen LogP contribution in [0.25, 0.3) is 0 Å². The molecule has 1 heterocycles. The van der Waals surface area contributed by atoms with Gasteiger partial charge in [-0.1, -0.05) is 18.2 Å². The predicted octanol–water partition coefficient (Wildman–Crippen LogP) is 3.40. The van der Waals surface area contributed by atoms with Gasteiger partial charge in [-0.3, -0.25) is 4.79 Å². The molecule has 0 spiro atoms. The number of carbonyl (C=O) groups is 1. The third kappa shape index (κ3) is 3.76. The van der Waals surface area contributed by atoms with E-state index in [0.29, 0.717) is 42.2 Å². The molecule has 2 aromatic carbocycles. The van der Waals surface area contributed by atoms with Crippen LogP contribution in [0.2, 0.25) is 0 Å². The van der Waals surface area contributed by atoms with Crippen LogP contribution in [0.4, 0.5) is 5.69 Å². The lowest BCUT2D eigenvalue weighted by Crippen LogP contribution is -2.39. The number of phenolic OH excluding ortho intramolecular Hbond substituents is 2. The number of nitrogens with one attached hydrogen (secondary N) is 2. The predicted molar refractivity (Wildman–Crippen MR) is 110 cm³/mol. The standard InChI is InChI=1S/C22H23N3O4/c1-29-18-6-3-2-5-15(18)23-19-7-4-8-20(24-19)25-21(28)22(11-12-22)14-9-10-16(26)17(27)13-14/h2-3,5-7,9-10,13,23,26-27H,4,8,11-12H2,1H3,(H,24,25,28). The summed E-state index contributed by atoms with van der Waals surface area (Å²) in [6.45, 7) is 0. The van der Waals surface area contributed by atoms with Gasteiger partial charge in [0.1, 0.15) is 17.4 Å². The van der Waals surface area contributed by atoms with Gasteiger partial charge < -0.3 is 25.6 Å². The molecule has 1 aliphatic heterocycles. The van der Waals surface area contributed by atoms with Crippen LogP contribution in [-0.2, 0) is 10.2 Å². The molecule has 4 rings (SSSR count). The van der Waals surface area contributed by atoms with Crippen molar-refractivity contribution in [3.05, 3.63) is 59.9 Å². The van der Waals surface area contributed by atoms with E-state index >= 15 is 0 Å². The molecule has 1 amide bonds. The molecular weight excluding hydrogens is 370 g/mol. The van der Waals surface area contributed by atoms with Gasteiger partial charge in [0.15, 0.2) is 11.5 Å². The molecule has 1 saturated carbocycles. The van der Waals surface area contributed by atoms with Gasteiger partial charge >= 0.3 is 0 Å². The Hall–Kier alpha value is -3.48. The van der Waals surface area contributed by atoms with Gasteiger partial charge in [0.05, 0.1) is 18.2 Å². The summed E-state index contributed by atoms with van der Waals surface area (Å²) in [7, 11) is 1.61. The number of hydrogen-bond donors (Lipinski definition) is 4. The maximum Gasteiger partial charge on any atom is 0.235 e. The highest BCUT2D eigenvalue weighted by Crippen LogP contribution is 2.50. The lowest BCUT2D eigenvalue weighted by atomic mass is 9.94. The number of para-hydroxylation sites is 2. The summed E-state index contributed by atoms with van der Waals surface area (Å²) < 4.78 is 5.35. The van der Waals surface area contributed by atoms with Crippen LogP contribution in [0.3, 0.4) is 0 Å². The van der Waals surface area contributed by atoms with E-state index in [1.165, 1.54) is 12.1 Å². The van der Waals surface area contributed by atoms with E-state index in [1.54, 1.807) is 13.2 Å². The van der Waals surface area contributed by atoms with Crippen molar-refractivity contribution in [2.75, 3.05) is 12.4 Å². The van der Waals surface area contributed by atoms with E-state index in [1.807, 2.05) is 30.3 Å². The molecule has 1 fully saturated rings. The number of aliphatic imine (C=N–C) groups is 1.